The number of hydrogen-bond donors (Lipinski definition) is 2. The fraction of sp³-hybridized carbons (Fsp3) is 0.357. The van der Waals surface area contributed by atoms with Crippen molar-refractivity contribution in [1.29, 1.82) is 0 Å². The molecule has 0 bridgehead atoms. The molecular formula is C56H62N2O8. The van der Waals surface area contributed by atoms with Gasteiger partial charge in [0.2, 0.25) is 11.7 Å². The maximum atomic E-state index is 14.7. The minimum absolute atomic E-state index is 0.0711. The lowest BCUT2D eigenvalue weighted by Gasteiger charge is -2.59. The highest BCUT2D eigenvalue weighted by Crippen LogP contribution is 2.62. The summed E-state index contributed by atoms with van der Waals surface area (Å²) in [6.45, 7) is 4.72. The number of unbranched alkanes of at least 4 members (excludes halogenated alkanes) is 2. The molecule has 3 aliphatic rings. The molecule has 0 radical (unpaired) electrons. The first-order chi connectivity index (χ1) is 32.3. The van der Waals surface area contributed by atoms with Crippen LogP contribution in [0.25, 0.3) is 11.1 Å². The first-order valence-electron chi connectivity index (χ1n) is 23.3. The third kappa shape index (κ3) is 10.3. The zero-order valence-corrected chi connectivity index (χ0v) is 38.1. The van der Waals surface area contributed by atoms with E-state index in [2.05, 4.69) is 43.0 Å². The van der Waals surface area contributed by atoms with Gasteiger partial charge in [-0.3, -0.25) is 4.79 Å². The average Bonchev–Trinajstić information content (AvgIpc) is 3.35. The van der Waals surface area contributed by atoms with Gasteiger partial charge in [0.25, 0.3) is 0 Å². The molecular weight excluding hydrogens is 829 g/mol. The van der Waals surface area contributed by atoms with Crippen LogP contribution < -0.4 is 14.2 Å². The number of fused-ring (bicyclic) bond motifs is 2. The molecule has 344 valence electrons. The van der Waals surface area contributed by atoms with Crippen LogP contribution in [0, 0.1) is 17.8 Å². The molecule has 5 aromatic rings. The molecule has 10 heteroatoms. The van der Waals surface area contributed by atoms with E-state index in [0.717, 1.165) is 64.8 Å². The molecule has 2 aliphatic carbocycles. The number of likely N-dealkylation sites (N-methyl/N-ethyl adjacent to an activating group) is 1. The largest absolute Gasteiger partial charge is 0.497 e. The Hall–Kier alpha value is -6.20. The second-order valence-electron chi connectivity index (χ2n) is 17.6. The summed E-state index contributed by atoms with van der Waals surface area (Å²) in [4.78, 5) is 22.7. The van der Waals surface area contributed by atoms with Crippen molar-refractivity contribution >= 4 is 11.6 Å². The number of aliphatic hydroxyl groups excluding tert-OH is 2. The highest BCUT2D eigenvalue weighted by atomic mass is 16.7. The number of benzene rings is 5. The topological polar surface area (TPSA) is 119 Å². The molecule has 1 amide bonds. The number of amides is 1. The van der Waals surface area contributed by atoms with Crippen molar-refractivity contribution in [3.05, 3.63) is 168 Å². The van der Waals surface area contributed by atoms with E-state index < -0.39 is 17.7 Å². The van der Waals surface area contributed by atoms with Crippen LogP contribution in [0.5, 0.6) is 23.0 Å². The van der Waals surface area contributed by atoms with E-state index in [-0.39, 0.29) is 56.5 Å². The Bertz CT molecular complexity index is 2460. The smallest absolute Gasteiger partial charge is 0.239 e. The molecule has 1 fully saturated rings. The van der Waals surface area contributed by atoms with Crippen LogP contribution in [0.15, 0.2) is 157 Å². The van der Waals surface area contributed by atoms with Crippen LogP contribution in [-0.2, 0) is 27.4 Å². The molecule has 1 saturated carbocycles. The van der Waals surface area contributed by atoms with Crippen molar-refractivity contribution in [2.24, 2.45) is 22.9 Å². The molecule has 10 nitrogen and oxygen atoms in total. The summed E-state index contributed by atoms with van der Waals surface area (Å²) >= 11 is 0. The van der Waals surface area contributed by atoms with Gasteiger partial charge in [0, 0.05) is 38.2 Å². The summed E-state index contributed by atoms with van der Waals surface area (Å²) in [5, 5.41) is 25.0. The summed E-state index contributed by atoms with van der Waals surface area (Å²) in [5.74, 6) is 0.768. The minimum atomic E-state index is -1.37. The van der Waals surface area contributed by atoms with Gasteiger partial charge in [-0.2, -0.15) is 0 Å². The maximum absolute atomic E-state index is 14.7. The third-order valence-corrected chi connectivity index (χ3v) is 13.4. The first-order valence-corrected chi connectivity index (χ1v) is 23.3. The molecule has 0 saturated heterocycles. The van der Waals surface area contributed by atoms with Gasteiger partial charge in [-0.1, -0.05) is 115 Å². The highest BCUT2D eigenvalue weighted by Gasteiger charge is 2.65. The number of hydrogen-bond acceptors (Lipinski definition) is 9. The van der Waals surface area contributed by atoms with E-state index >= 15 is 0 Å². The van der Waals surface area contributed by atoms with Crippen molar-refractivity contribution in [2.45, 2.75) is 75.7 Å². The molecule has 1 aliphatic heterocycles. The average molecular weight is 891 g/mol. The van der Waals surface area contributed by atoms with E-state index in [1.54, 1.807) is 18.1 Å². The van der Waals surface area contributed by atoms with E-state index in [1.165, 1.54) is 0 Å². The molecule has 1 heterocycles. The van der Waals surface area contributed by atoms with Gasteiger partial charge in [0.15, 0.2) is 0 Å². The molecule has 66 heavy (non-hydrogen) atoms. The van der Waals surface area contributed by atoms with Crippen molar-refractivity contribution in [1.82, 2.24) is 4.90 Å². The van der Waals surface area contributed by atoms with Gasteiger partial charge < -0.3 is 38.9 Å². The quantitative estimate of drug-likeness (QED) is 0.0425. The number of nitrogens with zero attached hydrogens (tertiary/aromatic N) is 2. The van der Waals surface area contributed by atoms with Crippen LogP contribution in [-0.4, -0.2) is 72.5 Å². The van der Waals surface area contributed by atoms with Gasteiger partial charge in [-0.15, -0.1) is 6.58 Å². The molecule has 8 rings (SSSR count). The highest BCUT2D eigenvalue weighted by molar-refractivity contribution is 6.03. The Morgan fingerprint density at radius 2 is 1.52 bits per heavy atom. The summed E-state index contributed by atoms with van der Waals surface area (Å²) in [5.41, 5.74) is 6.74. The molecule has 2 N–H and O–H groups in total. The number of ether oxygens (including phenoxy) is 4. The predicted octanol–water partition coefficient (Wildman–Crippen LogP) is 10.7. The molecule has 6 unspecified atom stereocenters. The lowest BCUT2D eigenvalue weighted by molar-refractivity contribution is -0.255. The predicted molar refractivity (Wildman–Crippen MR) is 258 cm³/mol. The third-order valence-electron chi connectivity index (χ3n) is 13.4. The van der Waals surface area contributed by atoms with Crippen molar-refractivity contribution in [3.8, 4) is 34.1 Å². The fourth-order valence-electron chi connectivity index (χ4n) is 10.3. The van der Waals surface area contributed by atoms with E-state index in [9.17, 15) is 15.0 Å². The Labute approximate surface area is 389 Å². The van der Waals surface area contributed by atoms with E-state index in [4.69, 9.17) is 28.9 Å². The summed E-state index contributed by atoms with van der Waals surface area (Å²) in [6.07, 6.45) is 9.20. The Balaban J connectivity index is 1.26. The Kier molecular flexibility index (Phi) is 15.3. The number of carbonyl (C=O) groups excluding carboxylic acids is 1. The van der Waals surface area contributed by atoms with Crippen LogP contribution in [0.4, 0.5) is 0 Å². The first kappa shape index (κ1) is 46.3. The van der Waals surface area contributed by atoms with Crippen molar-refractivity contribution < 1.29 is 38.8 Å². The second-order valence-corrected chi connectivity index (χ2v) is 17.6. The Morgan fingerprint density at radius 1 is 0.818 bits per heavy atom. The molecule has 5 aromatic carbocycles. The van der Waals surface area contributed by atoms with Crippen LogP contribution in [0.2, 0.25) is 0 Å². The van der Waals surface area contributed by atoms with E-state index in [0.29, 0.717) is 42.3 Å². The van der Waals surface area contributed by atoms with Gasteiger partial charge in [0.1, 0.15) is 35.6 Å². The molecule has 0 spiro atoms. The summed E-state index contributed by atoms with van der Waals surface area (Å²) in [7, 11) is 3.45. The normalized spacial score (nSPS) is 22.3. The number of rotatable bonds is 21. The van der Waals surface area contributed by atoms with Gasteiger partial charge in [-0.25, -0.2) is 0 Å². The van der Waals surface area contributed by atoms with Gasteiger partial charge in [0.05, 0.1) is 31.8 Å². The Morgan fingerprint density at radius 3 is 2.24 bits per heavy atom. The summed E-state index contributed by atoms with van der Waals surface area (Å²) in [6, 6.07) is 41.3. The van der Waals surface area contributed by atoms with Crippen molar-refractivity contribution in [3.63, 3.8) is 0 Å². The van der Waals surface area contributed by atoms with Crippen LogP contribution in [0.3, 0.4) is 0 Å². The monoisotopic (exact) mass is 890 g/mol. The molecule has 0 aromatic heterocycles. The van der Waals surface area contributed by atoms with Gasteiger partial charge >= 0.3 is 0 Å². The lowest BCUT2D eigenvalue weighted by atomic mass is 9.55. The number of carbonyl (C=O) groups is 1. The minimum Gasteiger partial charge on any atom is -0.497 e. The number of methoxy groups -OCH3 is 1. The van der Waals surface area contributed by atoms with Gasteiger partial charge in [-0.05, 0) is 108 Å². The summed E-state index contributed by atoms with van der Waals surface area (Å²) < 4.78 is 26.6. The standard InChI is InChI=1S/C56H62N2O8/c1-4-32-63-56-52(58(2)53(61)34-40-18-15-22-45(33-40)62-3)37-50(57-64-38-39-16-7-5-8-17-39)48-35-43(21-11-13-30-59)47(23-12-14-31-60)54(55(48)56)49-36-46(28-29-51(49)66-56)65-44-26-24-42(25-27-44)41-19-9-6-10-20-41/h4-10,15-20,22,24-29,33,35-36,43,47,52,54-55,59-60H,1,11-14,21,23,30-32,34,37-38H2,2-3H3. The zero-order chi connectivity index (χ0) is 45.9. The molecule has 6 atom stereocenters. The fourth-order valence-corrected chi connectivity index (χ4v) is 10.3. The van der Waals surface area contributed by atoms with E-state index in [1.807, 2.05) is 104 Å². The lowest BCUT2D eigenvalue weighted by Crippen LogP contribution is -2.69. The maximum Gasteiger partial charge on any atom is 0.239 e. The SMILES string of the molecule is C=CCOC12Oc3ccc(Oc4ccc(-c5ccccc5)cc4)cc3C3C(CCCCO)C(CCCCO)C=C(C(=NOCc4ccccc4)CC1N(C)C(=O)Cc1cccc(OC)c1)C32. The van der Waals surface area contributed by atoms with Crippen molar-refractivity contribution in [2.75, 3.05) is 34.0 Å². The van der Waals surface area contributed by atoms with Crippen LogP contribution >= 0.6 is 0 Å². The number of oxime groups is 1. The zero-order valence-electron chi connectivity index (χ0n) is 38.1. The second kappa shape index (κ2) is 21.9. The van der Waals surface area contributed by atoms with Crippen LogP contribution in [0.1, 0.15) is 67.6 Å². The number of allylic oxidation sites excluding steroid dienone is 1. The number of aliphatic hydroxyl groups is 2.